The predicted octanol–water partition coefficient (Wildman–Crippen LogP) is 5.23. The first-order valence-corrected chi connectivity index (χ1v) is 8.71. The summed E-state index contributed by atoms with van der Waals surface area (Å²) in [6.45, 7) is 4.29. The average molecular weight is 345 g/mol. The van der Waals surface area contributed by atoms with E-state index in [4.69, 9.17) is 0 Å². The molecule has 132 valence electrons. The predicted molar refractivity (Wildman–Crippen MR) is 107 cm³/mol. The number of nitrogens with one attached hydrogen (secondary N) is 1. The summed E-state index contributed by atoms with van der Waals surface area (Å²) in [5, 5.41) is 2.89. The van der Waals surface area contributed by atoms with Gasteiger partial charge in [-0.25, -0.2) is 4.98 Å². The van der Waals surface area contributed by atoms with Gasteiger partial charge in [0.25, 0.3) is 5.91 Å². The zero-order valence-electron chi connectivity index (χ0n) is 15.3. The summed E-state index contributed by atoms with van der Waals surface area (Å²) in [5.74, 6) is 0.256. The van der Waals surface area contributed by atoms with Gasteiger partial charge < -0.3 is 10.2 Å². The molecule has 0 saturated heterocycles. The standard InChI is InChI=1S/C22H23N3O/c1-16(2)17-9-11-18(12-10-17)24-22(26)21-14-13-20(15-23-21)25(3)19-7-5-4-6-8-19/h4-16H,1-3H3,(H,24,26). The first-order valence-electron chi connectivity index (χ1n) is 8.71. The van der Waals surface area contributed by atoms with E-state index in [1.807, 2.05) is 72.6 Å². The molecule has 0 atom stereocenters. The van der Waals surface area contributed by atoms with Crippen LogP contribution in [-0.2, 0) is 0 Å². The molecule has 0 saturated carbocycles. The van der Waals surface area contributed by atoms with Crippen molar-refractivity contribution in [2.45, 2.75) is 19.8 Å². The summed E-state index contributed by atoms with van der Waals surface area (Å²) in [6.07, 6.45) is 1.71. The van der Waals surface area contributed by atoms with Crippen LogP contribution in [0.2, 0.25) is 0 Å². The highest BCUT2D eigenvalue weighted by Gasteiger charge is 2.10. The van der Waals surface area contributed by atoms with Crippen molar-refractivity contribution in [3.05, 3.63) is 84.2 Å². The minimum atomic E-state index is -0.212. The van der Waals surface area contributed by atoms with E-state index in [1.54, 1.807) is 12.3 Å². The van der Waals surface area contributed by atoms with Crippen LogP contribution in [0.15, 0.2) is 72.9 Å². The molecule has 0 spiro atoms. The molecule has 3 aromatic rings. The summed E-state index contributed by atoms with van der Waals surface area (Å²) in [6, 6.07) is 21.6. The second-order valence-electron chi connectivity index (χ2n) is 6.53. The van der Waals surface area contributed by atoms with Gasteiger partial charge in [-0.3, -0.25) is 4.79 Å². The average Bonchev–Trinajstić information content (AvgIpc) is 2.68. The van der Waals surface area contributed by atoms with Crippen molar-refractivity contribution in [1.29, 1.82) is 0 Å². The number of hydrogen-bond donors (Lipinski definition) is 1. The molecule has 0 aliphatic carbocycles. The van der Waals surface area contributed by atoms with Crippen LogP contribution in [0.1, 0.15) is 35.8 Å². The van der Waals surface area contributed by atoms with Crippen molar-refractivity contribution >= 4 is 23.0 Å². The summed E-state index contributed by atoms with van der Waals surface area (Å²) in [5.41, 5.74) is 4.40. The van der Waals surface area contributed by atoms with Gasteiger partial charge in [-0.1, -0.05) is 44.2 Å². The van der Waals surface area contributed by atoms with Gasteiger partial charge in [0.05, 0.1) is 11.9 Å². The summed E-state index contributed by atoms with van der Waals surface area (Å²) >= 11 is 0. The van der Waals surface area contributed by atoms with E-state index >= 15 is 0 Å². The van der Waals surface area contributed by atoms with Gasteiger partial charge in [-0.2, -0.15) is 0 Å². The molecule has 4 nitrogen and oxygen atoms in total. The Balaban J connectivity index is 1.69. The fraction of sp³-hybridized carbons (Fsp3) is 0.182. The molecule has 1 heterocycles. The molecule has 4 heteroatoms. The van der Waals surface area contributed by atoms with Crippen LogP contribution >= 0.6 is 0 Å². The van der Waals surface area contributed by atoms with Gasteiger partial charge in [-0.05, 0) is 47.9 Å². The molecule has 0 bridgehead atoms. The number of aromatic nitrogens is 1. The number of pyridine rings is 1. The molecule has 0 radical (unpaired) electrons. The molecule has 2 aromatic carbocycles. The molecule has 26 heavy (non-hydrogen) atoms. The van der Waals surface area contributed by atoms with Crippen LogP contribution in [0.25, 0.3) is 0 Å². The van der Waals surface area contributed by atoms with Crippen molar-refractivity contribution in [3.8, 4) is 0 Å². The van der Waals surface area contributed by atoms with Crippen LogP contribution in [0.3, 0.4) is 0 Å². The Bertz CT molecular complexity index is 856. The van der Waals surface area contributed by atoms with Gasteiger partial charge in [0, 0.05) is 18.4 Å². The van der Waals surface area contributed by atoms with Gasteiger partial charge in [-0.15, -0.1) is 0 Å². The van der Waals surface area contributed by atoms with Crippen LogP contribution in [0.5, 0.6) is 0 Å². The largest absolute Gasteiger partial charge is 0.343 e. The van der Waals surface area contributed by atoms with Crippen LogP contribution < -0.4 is 10.2 Å². The third kappa shape index (κ3) is 4.09. The number of amides is 1. The van der Waals surface area contributed by atoms with Crippen molar-refractivity contribution in [2.24, 2.45) is 0 Å². The fourth-order valence-corrected chi connectivity index (χ4v) is 2.67. The number of rotatable bonds is 5. The topological polar surface area (TPSA) is 45.2 Å². The SMILES string of the molecule is CC(C)c1ccc(NC(=O)c2ccc(N(C)c3ccccc3)cn2)cc1. The lowest BCUT2D eigenvalue weighted by Gasteiger charge is -2.19. The summed E-state index contributed by atoms with van der Waals surface area (Å²) < 4.78 is 0. The minimum absolute atomic E-state index is 0.212. The maximum Gasteiger partial charge on any atom is 0.274 e. The molecule has 1 N–H and O–H groups in total. The quantitative estimate of drug-likeness (QED) is 0.689. The minimum Gasteiger partial charge on any atom is -0.343 e. The number of hydrogen-bond acceptors (Lipinski definition) is 3. The number of benzene rings is 2. The monoisotopic (exact) mass is 345 g/mol. The maximum absolute atomic E-state index is 12.4. The van der Waals surface area contributed by atoms with Gasteiger partial charge >= 0.3 is 0 Å². The van der Waals surface area contributed by atoms with E-state index in [0.717, 1.165) is 17.1 Å². The zero-order chi connectivity index (χ0) is 18.5. The zero-order valence-corrected chi connectivity index (χ0v) is 15.3. The second-order valence-corrected chi connectivity index (χ2v) is 6.53. The highest BCUT2D eigenvalue weighted by Crippen LogP contribution is 2.22. The number of anilines is 3. The van der Waals surface area contributed by atoms with Gasteiger partial charge in [0.15, 0.2) is 0 Å². The Morgan fingerprint density at radius 3 is 2.19 bits per heavy atom. The summed E-state index contributed by atoms with van der Waals surface area (Å²) in [7, 11) is 1.97. The second kappa shape index (κ2) is 7.83. The molecule has 1 aromatic heterocycles. The molecule has 3 rings (SSSR count). The smallest absolute Gasteiger partial charge is 0.274 e. The van der Waals surface area contributed by atoms with Crippen molar-refractivity contribution in [1.82, 2.24) is 4.98 Å². The highest BCUT2D eigenvalue weighted by molar-refractivity contribution is 6.03. The molecule has 0 unspecified atom stereocenters. The van der Waals surface area contributed by atoms with E-state index in [2.05, 4.69) is 24.1 Å². The first-order chi connectivity index (χ1) is 12.5. The van der Waals surface area contributed by atoms with E-state index in [0.29, 0.717) is 11.6 Å². The number of carbonyl (C=O) groups excluding carboxylic acids is 1. The number of nitrogens with zero attached hydrogens (tertiary/aromatic N) is 2. The Morgan fingerprint density at radius 1 is 0.923 bits per heavy atom. The normalized spacial score (nSPS) is 10.6. The van der Waals surface area contributed by atoms with Crippen molar-refractivity contribution < 1.29 is 4.79 Å². The molecular formula is C22H23N3O. The Kier molecular flexibility index (Phi) is 5.32. The molecular weight excluding hydrogens is 322 g/mol. The lowest BCUT2D eigenvalue weighted by atomic mass is 10.0. The Labute approximate surface area is 154 Å². The van der Waals surface area contributed by atoms with Crippen LogP contribution in [0, 0.1) is 0 Å². The van der Waals surface area contributed by atoms with Gasteiger partial charge in [0.1, 0.15) is 5.69 Å². The number of para-hydroxylation sites is 1. The molecule has 1 amide bonds. The van der Waals surface area contributed by atoms with E-state index in [9.17, 15) is 4.79 Å². The lowest BCUT2D eigenvalue weighted by molar-refractivity contribution is 0.102. The van der Waals surface area contributed by atoms with Gasteiger partial charge in [0.2, 0.25) is 0 Å². The third-order valence-electron chi connectivity index (χ3n) is 4.35. The Hall–Kier alpha value is -3.14. The van der Waals surface area contributed by atoms with Crippen LogP contribution in [-0.4, -0.2) is 17.9 Å². The summed E-state index contributed by atoms with van der Waals surface area (Å²) in [4.78, 5) is 18.7. The molecule has 0 aliphatic rings. The van der Waals surface area contributed by atoms with Crippen molar-refractivity contribution in [3.63, 3.8) is 0 Å². The highest BCUT2D eigenvalue weighted by atomic mass is 16.1. The Morgan fingerprint density at radius 2 is 1.62 bits per heavy atom. The number of carbonyl (C=O) groups is 1. The van der Waals surface area contributed by atoms with Crippen LogP contribution in [0.4, 0.5) is 17.1 Å². The fourth-order valence-electron chi connectivity index (χ4n) is 2.67. The third-order valence-corrected chi connectivity index (χ3v) is 4.35. The maximum atomic E-state index is 12.4. The van der Waals surface area contributed by atoms with E-state index in [1.165, 1.54) is 5.56 Å². The van der Waals surface area contributed by atoms with E-state index in [-0.39, 0.29) is 5.91 Å². The molecule has 0 aliphatic heterocycles. The lowest BCUT2D eigenvalue weighted by Crippen LogP contribution is -2.15. The van der Waals surface area contributed by atoms with E-state index < -0.39 is 0 Å². The molecule has 0 fully saturated rings. The first kappa shape index (κ1) is 17.7. The van der Waals surface area contributed by atoms with Crippen molar-refractivity contribution in [2.75, 3.05) is 17.3 Å².